The fourth-order valence-corrected chi connectivity index (χ4v) is 8.25. The minimum absolute atomic E-state index is 0.0109. The van der Waals surface area contributed by atoms with Crippen LogP contribution in [0.15, 0.2) is 34.1 Å². The number of allylic oxidation sites excluding steroid dienone is 1. The van der Waals surface area contributed by atoms with Crippen molar-refractivity contribution in [2.45, 2.75) is 89.6 Å². The van der Waals surface area contributed by atoms with E-state index in [9.17, 15) is 19.2 Å². The van der Waals surface area contributed by atoms with E-state index in [1.54, 1.807) is 6.20 Å². The third-order valence-corrected chi connectivity index (χ3v) is 10.7. The summed E-state index contributed by atoms with van der Waals surface area (Å²) < 4.78 is 9.94. The molecule has 1 aromatic rings. The van der Waals surface area contributed by atoms with Gasteiger partial charge in [0.05, 0.1) is 23.3 Å². The number of hydrogen-bond acceptors (Lipinski definition) is 11. The molecule has 0 radical (unpaired) electrons. The molecule has 12 heteroatoms. The Balaban J connectivity index is 1.42. The van der Waals surface area contributed by atoms with Crippen LogP contribution in [0.5, 0.6) is 0 Å². The van der Waals surface area contributed by atoms with Gasteiger partial charge in [0.2, 0.25) is 5.91 Å². The molecule has 0 aromatic carbocycles. The van der Waals surface area contributed by atoms with E-state index >= 15 is 0 Å². The van der Waals surface area contributed by atoms with Gasteiger partial charge in [0, 0.05) is 87.0 Å². The summed E-state index contributed by atoms with van der Waals surface area (Å²) in [6.07, 6.45) is 11.2. The number of rotatable bonds is 12. The zero-order chi connectivity index (χ0) is 31.1. The normalized spacial score (nSPS) is 23.4. The number of carbonyl (C=O) groups is 4. The Morgan fingerprint density at radius 2 is 1.98 bits per heavy atom. The third-order valence-electron chi connectivity index (χ3n) is 9.83. The van der Waals surface area contributed by atoms with Crippen molar-refractivity contribution in [2.75, 3.05) is 39.8 Å². The Hall–Kier alpha value is -3.09. The van der Waals surface area contributed by atoms with E-state index < -0.39 is 11.9 Å². The van der Waals surface area contributed by atoms with Gasteiger partial charge in [0.1, 0.15) is 0 Å². The van der Waals surface area contributed by atoms with E-state index in [0.717, 1.165) is 63.4 Å². The van der Waals surface area contributed by atoms with Gasteiger partial charge < -0.3 is 25.0 Å². The molecule has 4 aliphatic rings. The molecule has 2 atom stereocenters. The van der Waals surface area contributed by atoms with Crippen molar-refractivity contribution in [2.24, 2.45) is 5.41 Å². The lowest BCUT2D eigenvalue weighted by Crippen LogP contribution is -2.58. The predicted molar refractivity (Wildman–Crippen MR) is 165 cm³/mol. The molecule has 4 heterocycles. The van der Waals surface area contributed by atoms with Crippen LogP contribution in [0.4, 0.5) is 0 Å². The van der Waals surface area contributed by atoms with Crippen molar-refractivity contribution in [3.63, 3.8) is 0 Å². The van der Waals surface area contributed by atoms with E-state index in [2.05, 4.69) is 32.3 Å². The van der Waals surface area contributed by atoms with E-state index in [4.69, 9.17) is 9.47 Å². The zero-order valence-electron chi connectivity index (χ0n) is 25.9. The highest BCUT2D eigenvalue weighted by atomic mass is 32.1. The molecule has 3 fully saturated rings. The number of nitrogens with one attached hydrogen (secondary N) is 2. The van der Waals surface area contributed by atoms with Gasteiger partial charge in [-0.3, -0.25) is 14.5 Å². The highest BCUT2D eigenvalue weighted by Gasteiger charge is 2.42. The molecule has 2 saturated heterocycles. The number of ether oxygens (including phenoxy) is 2. The second kappa shape index (κ2) is 14.8. The lowest BCUT2D eigenvalue weighted by Gasteiger charge is -2.48. The number of aryl methyl sites for hydroxylation is 1. The molecule has 1 aliphatic carbocycles. The predicted octanol–water partition coefficient (Wildman–Crippen LogP) is 3.08. The van der Waals surface area contributed by atoms with Gasteiger partial charge >= 0.3 is 18.4 Å². The first-order valence-electron chi connectivity index (χ1n) is 15.9. The molecule has 0 spiro atoms. The SMILES string of the molecule is COC(=O)C1=C(C(C)N2CCNCC2CC2(CN3CCCC3=O)CCCCC2)NC(CCc2nccs2)=C(C(=O)OC=O)C1. The lowest BCUT2D eigenvalue weighted by atomic mass is 9.69. The Morgan fingerprint density at radius 3 is 2.66 bits per heavy atom. The zero-order valence-corrected chi connectivity index (χ0v) is 26.7. The Bertz CT molecular complexity index is 1270. The number of likely N-dealkylation sites (tertiary alicyclic amines) is 1. The Labute approximate surface area is 263 Å². The quantitative estimate of drug-likeness (QED) is 0.203. The van der Waals surface area contributed by atoms with E-state index in [1.807, 2.05) is 5.38 Å². The third kappa shape index (κ3) is 7.40. The number of nitrogens with zero attached hydrogens (tertiary/aromatic N) is 3. The van der Waals surface area contributed by atoms with Crippen molar-refractivity contribution < 1.29 is 28.7 Å². The highest BCUT2D eigenvalue weighted by molar-refractivity contribution is 7.09. The van der Waals surface area contributed by atoms with Gasteiger partial charge in [-0.1, -0.05) is 19.3 Å². The topological polar surface area (TPSA) is 130 Å². The van der Waals surface area contributed by atoms with Gasteiger partial charge in [-0.15, -0.1) is 11.3 Å². The second-order valence-electron chi connectivity index (χ2n) is 12.5. The first-order chi connectivity index (χ1) is 21.3. The van der Waals surface area contributed by atoms with Crippen molar-refractivity contribution in [3.8, 4) is 0 Å². The standard InChI is InChI=1S/C32H45N5O6S/c1-22(37-15-12-33-19-23(37)18-32(10-4-3-5-11-32)20-36-14-6-7-28(36)39)29-25(30(40)42-2)17-24(31(41)43-21-38)26(35-29)8-9-27-34-13-16-44-27/h13,16,21-23,33,35H,3-12,14-15,17-20H2,1-2H3. The van der Waals surface area contributed by atoms with Crippen LogP contribution in [-0.4, -0.2) is 91.0 Å². The number of esters is 2. The summed E-state index contributed by atoms with van der Waals surface area (Å²) in [6.45, 7) is 6.35. The first-order valence-corrected chi connectivity index (χ1v) is 16.8. The van der Waals surface area contributed by atoms with E-state index in [0.29, 0.717) is 36.2 Å². The molecule has 1 saturated carbocycles. The summed E-state index contributed by atoms with van der Waals surface area (Å²) in [7, 11) is 1.34. The van der Waals surface area contributed by atoms with Crippen LogP contribution in [0.1, 0.15) is 76.1 Å². The number of piperazine rings is 1. The molecule has 5 rings (SSSR count). The maximum atomic E-state index is 13.2. The number of aromatic nitrogens is 1. The van der Waals surface area contributed by atoms with Gasteiger partial charge in [-0.2, -0.15) is 0 Å². The van der Waals surface area contributed by atoms with Crippen LogP contribution in [0.3, 0.4) is 0 Å². The molecule has 44 heavy (non-hydrogen) atoms. The van der Waals surface area contributed by atoms with Crippen LogP contribution >= 0.6 is 11.3 Å². The summed E-state index contributed by atoms with van der Waals surface area (Å²) in [5, 5.41) is 9.90. The largest absolute Gasteiger partial charge is 0.466 e. The fourth-order valence-electron chi connectivity index (χ4n) is 7.63. The molecule has 1 aromatic heterocycles. The molecule has 3 aliphatic heterocycles. The Kier molecular flexibility index (Phi) is 10.9. The minimum Gasteiger partial charge on any atom is -0.466 e. The molecule has 0 bridgehead atoms. The number of thiazole rings is 1. The van der Waals surface area contributed by atoms with Gasteiger partial charge in [-0.05, 0) is 44.4 Å². The van der Waals surface area contributed by atoms with Crippen molar-refractivity contribution in [3.05, 3.63) is 39.1 Å². The van der Waals surface area contributed by atoms with E-state index in [1.165, 1.54) is 37.7 Å². The fraction of sp³-hybridized carbons (Fsp3) is 0.656. The summed E-state index contributed by atoms with van der Waals surface area (Å²) in [5.74, 6) is -1.01. The van der Waals surface area contributed by atoms with Gasteiger partial charge in [0.25, 0.3) is 0 Å². The van der Waals surface area contributed by atoms with Crippen molar-refractivity contribution in [1.82, 2.24) is 25.4 Å². The van der Waals surface area contributed by atoms with E-state index in [-0.39, 0.29) is 41.9 Å². The van der Waals surface area contributed by atoms with Gasteiger partial charge in [0.15, 0.2) is 0 Å². The summed E-state index contributed by atoms with van der Waals surface area (Å²) >= 11 is 1.54. The molecule has 2 unspecified atom stereocenters. The summed E-state index contributed by atoms with van der Waals surface area (Å²) in [6, 6.07) is 0.0238. The molecule has 1 amide bonds. The molecule has 2 N–H and O–H groups in total. The lowest BCUT2D eigenvalue weighted by molar-refractivity contribution is -0.148. The van der Waals surface area contributed by atoms with Crippen molar-refractivity contribution >= 4 is 35.7 Å². The monoisotopic (exact) mass is 627 g/mol. The maximum Gasteiger partial charge on any atom is 0.343 e. The van der Waals surface area contributed by atoms with Crippen LogP contribution in [0.25, 0.3) is 0 Å². The average Bonchev–Trinajstić information content (AvgIpc) is 3.71. The summed E-state index contributed by atoms with van der Waals surface area (Å²) in [4.78, 5) is 58.7. The molecule has 240 valence electrons. The maximum absolute atomic E-state index is 13.2. The number of carbonyl (C=O) groups excluding carboxylic acids is 4. The van der Waals surface area contributed by atoms with Crippen LogP contribution in [0.2, 0.25) is 0 Å². The highest BCUT2D eigenvalue weighted by Crippen LogP contribution is 2.43. The molecular formula is C32H45N5O6S. The Morgan fingerprint density at radius 1 is 1.16 bits per heavy atom. The average molecular weight is 628 g/mol. The number of methoxy groups -OCH3 is 1. The molecular weight excluding hydrogens is 582 g/mol. The minimum atomic E-state index is -0.773. The smallest absolute Gasteiger partial charge is 0.343 e. The van der Waals surface area contributed by atoms with Crippen molar-refractivity contribution in [1.29, 1.82) is 0 Å². The van der Waals surface area contributed by atoms with Gasteiger partial charge in [-0.25, -0.2) is 14.6 Å². The van der Waals surface area contributed by atoms with Crippen LogP contribution in [0, 0.1) is 5.41 Å². The number of amides is 1. The summed E-state index contributed by atoms with van der Waals surface area (Å²) in [5.41, 5.74) is 2.03. The first kappa shape index (κ1) is 32.3. The number of hydrogen-bond donors (Lipinski definition) is 2. The van der Waals surface area contributed by atoms with Crippen LogP contribution < -0.4 is 10.6 Å². The second-order valence-corrected chi connectivity index (χ2v) is 13.5. The van der Waals surface area contributed by atoms with Crippen LogP contribution in [-0.2, 0) is 35.1 Å². The molecule has 11 nitrogen and oxygen atoms in total. The number of dihydropyridines is 1.